The zero-order valence-corrected chi connectivity index (χ0v) is 12.9. The molecule has 0 radical (unpaired) electrons. The highest BCUT2D eigenvalue weighted by Gasteiger charge is 2.29. The van der Waals surface area contributed by atoms with E-state index >= 15 is 0 Å². The molecule has 2 heterocycles. The smallest absolute Gasteiger partial charge is 0.205 e. The van der Waals surface area contributed by atoms with Gasteiger partial charge in [0.15, 0.2) is 0 Å². The molecule has 0 saturated carbocycles. The Labute approximate surface area is 117 Å². The second-order valence-electron chi connectivity index (χ2n) is 5.76. The van der Waals surface area contributed by atoms with Crippen LogP contribution in [-0.4, -0.2) is 40.5 Å². The number of morpholine rings is 1. The molecule has 0 aromatic carbocycles. The monoisotopic (exact) mass is 289 g/mol. The second-order valence-corrected chi connectivity index (χ2v) is 6.80. The van der Waals surface area contributed by atoms with Gasteiger partial charge < -0.3 is 9.64 Å². The Bertz CT molecular complexity index is 404. The van der Waals surface area contributed by atoms with Gasteiger partial charge in [-0.3, -0.25) is 0 Å². The van der Waals surface area contributed by atoms with Crippen LogP contribution >= 0.6 is 23.1 Å². The molecule has 2 rings (SSSR count). The minimum Gasteiger partial charge on any atom is -0.373 e. The number of nitrogens with zero attached hydrogens (tertiary/aromatic N) is 3. The lowest BCUT2D eigenvalue weighted by atomic mass is 9.96. The number of rotatable bonds is 2. The van der Waals surface area contributed by atoms with E-state index in [4.69, 9.17) is 16.3 Å². The Morgan fingerprint density at radius 3 is 2.78 bits per heavy atom. The first-order valence-corrected chi connectivity index (χ1v) is 7.51. The van der Waals surface area contributed by atoms with Gasteiger partial charge in [-0.25, -0.2) is 4.98 Å². The first-order valence-electron chi connectivity index (χ1n) is 6.20. The predicted octanol–water partition coefficient (Wildman–Crippen LogP) is 2.67. The summed E-state index contributed by atoms with van der Waals surface area (Å²) in [5.74, 6) is 1.43. The van der Waals surface area contributed by atoms with Crippen molar-refractivity contribution in [3.8, 4) is 0 Å². The molecule has 1 aromatic rings. The summed E-state index contributed by atoms with van der Waals surface area (Å²) in [5.41, 5.74) is -0.00381. The van der Waals surface area contributed by atoms with E-state index in [-0.39, 0.29) is 11.5 Å². The van der Waals surface area contributed by atoms with Crippen LogP contribution in [0.4, 0.5) is 5.13 Å². The van der Waals surface area contributed by atoms with Gasteiger partial charge in [0.1, 0.15) is 5.82 Å². The number of hydrogen-bond acceptors (Lipinski definition) is 5. The van der Waals surface area contributed by atoms with Crippen LogP contribution in [0.25, 0.3) is 0 Å². The van der Waals surface area contributed by atoms with Gasteiger partial charge in [0.2, 0.25) is 5.13 Å². The number of alkyl halides is 1. The molecule has 2 unspecified atom stereocenters. The van der Waals surface area contributed by atoms with Crippen LogP contribution in [0.2, 0.25) is 0 Å². The van der Waals surface area contributed by atoms with Crippen LogP contribution in [0.5, 0.6) is 0 Å². The largest absolute Gasteiger partial charge is 0.373 e. The van der Waals surface area contributed by atoms with Crippen LogP contribution in [-0.2, 0) is 10.2 Å². The molecule has 6 heteroatoms. The Kier molecular flexibility index (Phi) is 4.14. The third-order valence-corrected chi connectivity index (χ3v) is 4.11. The normalized spacial score (nSPS) is 25.5. The molecular formula is C12H20ClN3OS. The van der Waals surface area contributed by atoms with Crippen LogP contribution in [0.15, 0.2) is 0 Å². The first kappa shape index (κ1) is 14.0. The van der Waals surface area contributed by atoms with Crippen LogP contribution in [0.1, 0.15) is 33.5 Å². The fourth-order valence-electron chi connectivity index (χ4n) is 1.81. The van der Waals surface area contributed by atoms with Crippen molar-refractivity contribution in [2.24, 2.45) is 0 Å². The number of aromatic nitrogens is 2. The predicted molar refractivity (Wildman–Crippen MR) is 75.9 cm³/mol. The summed E-state index contributed by atoms with van der Waals surface area (Å²) in [7, 11) is 0. The Balaban J connectivity index is 2.17. The van der Waals surface area contributed by atoms with Gasteiger partial charge in [-0.05, 0) is 6.92 Å². The molecule has 2 atom stereocenters. The Morgan fingerprint density at radius 1 is 1.50 bits per heavy atom. The third kappa shape index (κ3) is 2.95. The van der Waals surface area contributed by atoms with Crippen molar-refractivity contribution in [2.75, 3.05) is 23.9 Å². The average Bonchev–Trinajstić information content (AvgIpc) is 2.78. The van der Waals surface area contributed by atoms with Crippen molar-refractivity contribution < 1.29 is 4.74 Å². The number of anilines is 1. The molecule has 1 aliphatic rings. The molecule has 0 aliphatic carbocycles. The summed E-state index contributed by atoms with van der Waals surface area (Å²) in [5, 5.41) is 0.978. The van der Waals surface area contributed by atoms with E-state index in [0.717, 1.165) is 17.5 Å². The number of hydrogen-bond donors (Lipinski definition) is 0. The van der Waals surface area contributed by atoms with Crippen molar-refractivity contribution >= 4 is 28.3 Å². The molecule has 18 heavy (non-hydrogen) atoms. The van der Waals surface area contributed by atoms with Gasteiger partial charge in [-0.2, -0.15) is 4.37 Å². The molecule has 1 saturated heterocycles. The summed E-state index contributed by atoms with van der Waals surface area (Å²) in [6.07, 6.45) is 0.0878. The van der Waals surface area contributed by atoms with Gasteiger partial charge in [0, 0.05) is 23.5 Å². The van der Waals surface area contributed by atoms with Crippen LogP contribution in [0.3, 0.4) is 0 Å². The van der Waals surface area contributed by atoms with Crippen molar-refractivity contribution in [3.05, 3.63) is 5.82 Å². The summed E-state index contributed by atoms with van der Waals surface area (Å²) >= 11 is 7.34. The van der Waals surface area contributed by atoms with E-state index in [2.05, 4.69) is 42.0 Å². The topological polar surface area (TPSA) is 38.2 Å². The molecule has 0 N–H and O–H groups in total. The lowest BCUT2D eigenvalue weighted by Crippen LogP contribution is -2.49. The molecule has 1 aliphatic heterocycles. The maximum absolute atomic E-state index is 5.87. The van der Waals surface area contributed by atoms with E-state index in [1.165, 1.54) is 11.5 Å². The van der Waals surface area contributed by atoms with Crippen LogP contribution in [0, 0.1) is 0 Å². The van der Waals surface area contributed by atoms with E-state index in [0.29, 0.717) is 18.5 Å². The zero-order chi connectivity index (χ0) is 13.3. The SMILES string of the molecule is CC1COC(CCl)CN1c1nc(C(C)(C)C)ns1. The van der Waals surface area contributed by atoms with E-state index < -0.39 is 0 Å². The van der Waals surface area contributed by atoms with Gasteiger partial charge in [0.25, 0.3) is 0 Å². The molecule has 0 bridgehead atoms. The molecule has 1 aromatic heterocycles. The minimum atomic E-state index is -0.00381. The van der Waals surface area contributed by atoms with E-state index in [9.17, 15) is 0 Å². The zero-order valence-electron chi connectivity index (χ0n) is 11.3. The highest BCUT2D eigenvalue weighted by Crippen LogP contribution is 2.28. The van der Waals surface area contributed by atoms with Gasteiger partial charge in [-0.15, -0.1) is 11.6 Å². The van der Waals surface area contributed by atoms with Gasteiger partial charge in [0.05, 0.1) is 24.6 Å². The van der Waals surface area contributed by atoms with Crippen molar-refractivity contribution in [1.29, 1.82) is 0 Å². The minimum absolute atomic E-state index is 0.00381. The quantitative estimate of drug-likeness (QED) is 0.785. The lowest BCUT2D eigenvalue weighted by Gasteiger charge is -2.37. The lowest BCUT2D eigenvalue weighted by molar-refractivity contribution is 0.0364. The summed E-state index contributed by atoms with van der Waals surface area (Å²) in [4.78, 5) is 6.91. The molecule has 102 valence electrons. The highest BCUT2D eigenvalue weighted by atomic mass is 35.5. The molecular weight excluding hydrogens is 270 g/mol. The highest BCUT2D eigenvalue weighted by molar-refractivity contribution is 7.09. The van der Waals surface area contributed by atoms with E-state index in [1.807, 2.05) is 0 Å². The average molecular weight is 290 g/mol. The third-order valence-electron chi connectivity index (χ3n) is 3.01. The van der Waals surface area contributed by atoms with Gasteiger partial charge >= 0.3 is 0 Å². The summed E-state index contributed by atoms with van der Waals surface area (Å²) in [6, 6.07) is 0.324. The Morgan fingerprint density at radius 2 is 2.22 bits per heavy atom. The summed E-state index contributed by atoms with van der Waals surface area (Å²) < 4.78 is 10.1. The van der Waals surface area contributed by atoms with Crippen molar-refractivity contribution in [3.63, 3.8) is 0 Å². The van der Waals surface area contributed by atoms with Crippen molar-refractivity contribution in [2.45, 2.75) is 45.3 Å². The standard InChI is InChI=1S/C12H20ClN3OS/c1-8-7-17-9(5-13)6-16(8)11-14-10(15-18-11)12(2,3)4/h8-9H,5-7H2,1-4H3. The van der Waals surface area contributed by atoms with E-state index in [1.54, 1.807) is 0 Å². The maximum atomic E-state index is 5.87. The van der Waals surface area contributed by atoms with Gasteiger partial charge in [-0.1, -0.05) is 20.8 Å². The molecule has 0 amide bonds. The molecule has 1 fully saturated rings. The number of ether oxygens (including phenoxy) is 1. The fraction of sp³-hybridized carbons (Fsp3) is 0.833. The van der Waals surface area contributed by atoms with Crippen molar-refractivity contribution in [1.82, 2.24) is 9.36 Å². The number of halogens is 1. The fourth-order valence-corrected chi connectivity index (χ4v) is 2.97. The maximum Gasteiger partial charge on any atom is 0.205 e. The molecule has 4 nitrogen and oxygen atoms in total. The Hall–Kier alpha value is -0.390. The van der Waals surface area contributed by atoms with Crippen LogP contribution < -0.4 is 4.90 Å². The second kappa shape index (κ2) is 5.31. The summed E-state index contributed by atoms with van der Waals surface area (Å²) in [6.45, 7) is 10.0. The first-order chi connectivity index (χ1) is 8.41. The molecule has 0 spiro atoms.